The molecule has 0 spiro atoms. The number of carboxylic acid groups (broad SMARTS) is 1. The molecule has 0 amide bonds. The van der Waals surface area contributed by atoms with Gasteiger partial charge in [0.25, 0.3) is 0 Å². The Morgan fingerprint density at radius 2 is 2.24 bits per heavy atom. The van der Waals surface area contributed by atoms with Gasteiger partial charge >= 0.3 is 5.97 Å². The third-order valence-corrected chi connectivity index (χ3v) is 4.32. The highest BCUT2D eigenvalue weighted by molar-refractivity contribution is 6.42. The van der Waals surface area contributed by atoms with Gasteiger partial charge in [0.1, 0.15) is 0 Å². The highest BCUT2D eigenvalue weighted by Crippen LogP contribution is 2.46. The average Bonchev–Trinajstić information content (AvgIpc) is 3.04. The number of aliphatic carboxylic acids is 1. The molecule has 1 aromatic rings. The second-order valence-corrected chi connectivity index (χ2v) is 5.52. The summed E-state index contributed by atoms with van der Waals surface area (Å²) in [5, 5.41) is 10.0. The summed E-state index contributed by atoms with van der Waals surface area (Å²) in [5.74, 6) is -0.239. The van der Waals surface area contributed by atoms with Crippen LogP contribution >= 0.6 is 23.2 Å². The van der Waals surface area contributed by atoms with Crippen molar-refractivity contribution >= 4 is 29.2 Å². The summed E-state index contributed by atoms with van der Waals surface area (Å²) in [6.45, 7) is 2.07. The smallest absolute Gasteiger partial charge is 0.306 e. The van der Waals surface area contributed by atoms with Crippen LogP contribution in [0.2, 0.25) is 10.0 Å². The molecular formula is C13H14Cl2O2. The number of carbonyl (C=O) groups is 1. The standard InChI is InChI=1S/C13H14Cl2O2/c1-7(9-6-10(9)13(16)17)5-8-3-2-4-11(14)12(8)15/h2-4,7,9-10H,5-6H2,1H3,(H,16,17). The lowest BCUT2D eigenvalue weighted by Gasteiger charge is -2.12. The monoisotopic (exact) mass is 272 g/mol. The Kier molecular flexibility index (Phi) is 3.64. The summed E-state index contributed by atoms with van der Waals surface area (Å²) < 4.78 is 0. The number of benzene rings is 1. The van der Waals surface area contributed by atoms with E-state index in [4.69, 9.17) is 28.3 Å². The first-order chi connectivity index (χ1) is 8.00. The van der Waals surface area contributed by atoms with E-state index in [0.717, 1.165) is 18.4 Å². The fourth-order valence-corrected chi connectivity index (χ4v) is 2.73. The number of hydrogen-bond donors (Lipinski definition) is 1. The van der Waals surface area contributed by atoms with E-state index in [1.54, 1.807) is 6.07 Å². The summed E-state index contributed by atoms with van der Waals surface area (Å²) >= 11 is 12.1. The van der Waals surface area contributed by atoms with E-state index < -0.39 is 5.97 Å². The van der Waals surface area contributed by atoms with Gasteiger partial charge in [0.05, 0.1) is 16.0 Å². The van der Waals surface area contributed by atoms with Crippen LogP contribution < -0.4 is 0 Å². The molecule has 92 valence electrons. The molecule has 0 saturated heterocycles. The maximum atomic E-state index is 10.8. The normalized spacial score (nSPS) is 24.4. The van der Waals surface area contributed by atoms with Gasteiger partial charge in [0, 0.05) is 0 Å². The lowest BCUT2D eigenvalue weighted by molar-refractivity contribution is -0.139. The van der Waals surface area contributed by atoms with Gasteiger partial charge in [-0.25, -0.2) is 0 Å². The molecule has 0 heterocycles. The van der Waals surface area contributed by atoms with Crippen molar-refractivity contribution in [2.75, 3.05) is 0 Å². The lowest BCUT2D eigenvalue weighted by atomic mass is 9.95. The molecule has 1 aliphatic carbocycles. The van der Waals surface area contributed by atoms with Gasteiger partial charge in [0.2, 0.25) is 0 Å². The third-order valence-electron chi connectivity index (χ3n) is 3.46. The number of hydrogen-bond acceptors (Lipinski definition) is 1. The predicted molar refractivity (Wildman–Crippen MR) is 68.6 cm³/mol. The van der Waals surface area contributed by atoms with Crippen molar-refractivity contribution in [2.24, 2.45) is 17.8 Å². The molecule has 1 fully saturated rings. The lowest BCUT2D eigenvalue weighted by Crippen LogP contribution is -2.08. The predicted octanol–water partition coefficient (Wildman–Crippen LogP) is 3.89. The minimum Gasteiger partial charge on any atom is -0.481 e. The van der Waals surface area contributed by atoms with Crippen molar-refractivity contribution < 1.29 is 9.90 Å². The van der Waals surface area contributed by atoms with Crippen LogP contribution in [0.25, 0.3) is 0 Å². The fourth-order valence-electron chi connectivity index (χ4n) is 2.33. The Labute approximate surface area is 111 Å². The zero-order chi connectivity index (χ0) is 12.6. The van der Waals surface area contributed by atoms with Crippen LogP contribution in [0.5, 0.6) is 0 Å². The van der Waals surface area contributed by atoms with E-state index >= 15 is 0 Å². The molecule has 4 heteroatoms. The zero-order valence-electron chi connectivity index (χ0n) is 9.49. The van der Waals surface area contributed by atoms with E-state index in [1.807, 2.05) is 12.1 Å². The van der Waals surface area contributed by atoms with Crippen molar-refractivity contribution in [3.8, 4) is 0 Å². The summed E-state index contributed by atoms with van der Waals surface area (Å²) in [6.07, 6.45) is 1.57. The minimum atomic E-state index is -0.681. The molecular weight excluding hydrogens is 259 g/mol. The Morgan fingerprint density at radius 1 is 1.53 bits per heavy atom. The largest absolute Gasteiger partial charge is 0.481 e. The maximum absolute atomic E-state index is 10.8. The van der Waals surface area contributed by atoms with Crippen molar-refractivity contribution in [1.29, 1.82) is 0 Å². The van der Waals surface area contributed by atoms with E-state index in [0.29, 0.717) is 16.0 Å². The Bertz CT molecular complexity index is 445. The first-order valence-corrected chi connectivity index (χ1v) is 6.42. The molecule has 0 aliphatic heterocycles. The van der Waals surface area contributed by atoms with E-state index in [1.165, 1.54) is 0 Å². The fraction of sp³-hybridized carbons (Fsp3) is 0.462. The van der Waals surface area contributed by atoms with Crippen LogP contribution in [0.4, 0.5) is 0 Å². The molecule has 1 aliphatic rings. The molecule has 17 heavy (non-hydrogen) atoms. The average molecular weight is 273 g/mol. The van der Waals surface area contributed by atoms with Gasteiger partial charge in [-0.1, -0.05) is 42.3 Å². The third kappa shape index (κ3) is 2.75. The number of halogens is 2. The molecule has 0 aromatic heterocycles. The highest BCUT2D eigenvalue weighted by atomic mass is 35.5. The molecule has 2 nitrogen and oxygen atoms in total. The molecule has 3 unspecified atom stereocenters. The number of carboxylic acids is 1. The Hall–Kier alpha value is -0.730. The topological polar surface area (TPSA) is 37.3 Å². The summed E-state index contributed by atoms with van der Waals surface area (Å²) in [4.78, 5) is 10.8. The van der Waals surface area contributed by atoms with Gasteiger partial charge in [-0.3, -0.25) is 4.79 Å². The first kappa shape index (κ1) is 12.7. The minimum absolute atomic E-state index is 0.164. The Morgan fingerprint density at radius 3 is 2.82 bits per heavy atom. The second kappa shape index (κ2) is 4.87. The van der Waals surface area contributed by atoms with Crippen molar-refractivity contribution in [1.82, 2.24) is 0 Å². The summed E-state index contributed by atoms with van der Waals surface area (Å²) in [7, 11) is 0. The molecule has 0 radical (unpaired) electrons. The van der Waals surface area contributed by atoms with Gasteiger partial charge in [-0.05, 0) is 36.3 Å². The van der Waals surface area contributed by atoms with Crippen LogP contribution in [-0.2, 0) is 11.2 Å². The first-order valence-electron chi connectivity index (χ1n) is 5.66. The second-order valence-electron chi connectivity index (χ2n) is 4.74. The van der Waals surface area contributed by atoms with Gasteiger partial charge in [0.15, 0.2) is 0 Å². The van der Waals surface area contributed by atoms with Crippen LogP contribution in [0.1, 0.15) is 18.9 Å². The molecule has 0 bridgehead atoms. The van der Waals surface area contributed by atoms with Crippen molar-refractivity contribution in [2.45, 2.75) is 19.8 Å². The quantitative estimate of drug-likeness (QED) is 0.903. The van der Waals surface area contributed by atoms with Crippen LogP contribution in [0.3, 0.4) is 0 Å². The van der Waals surface area contributed by atoms with Crippen molar-refractivity contribution in [3.63, 3.8) is 0 Å². The van der Waals surface area contributed by atoms with Crippen LogP contribution in [0, 0.1) is 17.8 Å². The van der Waals surface area contributed by atoms with Crippen molar-refractivity contribution in [3.05, 3.63) is 33.8 Å². The Balaban J connectivity index is 2.02. The molecule has 2 rings (SSSR count). The summed E-state index contributed by atoms with van der Waals surface area (Å²) in [5.41, 5.74) is 1.00. The summed E-state index contributed by atoms with van der Waals surface area (Å²) in [6, 6.07) is 5.58. The SMILES string of the molecule is CC(Cc1cccc(Cl)c1Cl)C1CC1C(=O)O. The van der Waals surface area contributed by atoms with Crippen LogP contribution in [-0.4, -0.2) is 11.1 Å². The zero-order valence-corrected chi connectivity index (χ0v) is 11.0. The molecule has 1 saturated carbocycles. The molecule has 1 aromatic carbocycles. The van der Waals surface area contributed by atoms with E-state index in [9.17, 15) is 4.79 Å². The van der Waals surface area contributed by atoms with Gasteiger partial charge in [-0.2, -0.15) is 0 Å². The van der Waals surface area contributed by atoms with Crippen LogP contribution in [0.15, 0.2) is 18.2 Å². The maximum Gasteiger partial charge on any atom is 0.306 e. The van der Waals surface area contributed by atoms with E-state index in [2.05, 4.69) is 6.92 Å². The molecule has 3 atom stereocenters. The van der Waals surface area contributed by atoms with Gasteiger partial charge < -0.3 is 5.11 Å². The van der Waals surface area contributed by atoms with Gasteiger partial charge in [-0.15, -0.1) is 0 Å². The van der Waals surface area contributed by atoms with E-state index in [-0.39, 0.29) is 11.8 Å². The highest BCUT2D eigenvalue weighted by Gasteiger charge is 2.46. The molecule has 1 N–H and O–H groups in total. The number of rotatable bonds is 4.